The first kappa shape index (κ1) is 14.8. The first-order chi connectivity index (χ1) is 10.7. The first-order valence-corrected chi connectivity index (χ1v) is 7.90. The quantitative estimate of drug-likeness (QED) is 0.756. The summed E-state index contributed by atoms with van der Waals surface area (Å²) in [5.74, 6) is 0.442. The van der Waals surface area contributed by atoms with E-state index in [0.717, 1.165) is 6.54 Å². The summed E-state index contributed by atoms with van der Waals surface area (Å²) in [4.78, 5) is 2.45. The lowest BCUT2D eigenvalue weighted by molar-refractivity contribution is 0.210. The molecule has 0 aromatic heterocycles. The van der Waals surface area contributed by atoms with Crippen molar-refractivity contribution in [3.8, 4) is 0 Å². The average molecular weight is 289 g/mol. The predicted octanol–water partition coefficient (Wildman–Crippen LogP) is 4.91. The second kappa shape index (κ2) is 6.76. The zero-order valence-corrected chi connectivity index (χ0v) is 13.3. The van der Waals surface area contributed by atoms with Gasteiger partial charge in [-0.05, 0) is 25.1 Å². The van der Waals surface area contributed by atoms with E-state index in [2.05, 4.69) is 97.8 Å². The van der Waals surface area contributed by atoms with Gasteiger partial charge in [-0.1, -0.05) is 84.5 Å². The molecule has 0 saturated heterocycles. The van der Waals surface area contributed by atoms with Crippen LogP contribution < -0.4 is 0 Å². The van der Waals surface area contributed by atoms with Crippen molar-refractivity contribution in [3.63, 3.8) is 0 Å². The van der Waals surface area contributed by atoms with Crippen molar-refractivity contribution in [1.29, 1.82) is 0 Å². The zero-order chi connectivity index (χ0) is 15.4. The Morgan fingerprint density at radius 3 is 2.18 bits per heavy atom. The molecule has 2 aromatic carbocycles. The van der Waals surface area contributed by atoms with Gasteiger partial charge in [-0.25, -0.2) is 0 Å². The van der Waals surface area contributed by atoms with E-state index in [-0.39, 0.29) is 0 Å². The molecule has 112 valence electrons. The van der Waals surface area contributed by atoms with Crippen LogP contribution in [0.15, 0.2) is 78.9 Å². The van der Waals surface area contributed by atoms with Gasteiger partial charge in [-0.2, -0.15) is 0 Å². The topological polar surface area (TPSA) is 3.24 Å². The molecule has 1 aliphatic rings. The Bertz CT molecular complexity index is 640. The van der Waals surface area contributed by atoms with Gasteiger partial charge < -0.3 is 0 Å². The van der Waals surface area contributed by atoms with Gasteiger partial charge >= 0.3 is 0 Å². The van der Waals surface area contributed by atoms with E-state index in [1.165, 1.54) is 16.7 Å². The van der Waals surface area contributed by atoms with Gasteiger partial charge in [0.2, 0.25) is 0 Å². The minimum absolute atomic E-state index is 0.373. The third-order valence-electron chi connectivity index (χ3n) is 4.31. The summed E-state index contributed by atoms with van der Waals surface area (Å²) in [6.07, 6.45) is 8.90. The SMILES string of the molecule is Cc1ccc(CN(C)C(c2ccccc2)C2C=CC=C2)cc1. The van der Waals surface area contributed by atoms with Gasteiger partial charge in [0.05, 0.1) is 0 Å². The molecule has 1 aliphatic carbocycles. The second-order valence-electron chi connectivity index (χ2n) is 6.10. The van der Waals surface area contributed by atoms with Crippen LogP contribution in [0, 0.1) is 12.8 Å². The standard InChI is InChI=1S/C21H23N/c1-17-12-14-18(15-13-17)16-22(2)21(20-10-6-7-11-20)19-8-4-3-5-9-19/h3-15,20-21H,16H2,1-2H3. The van der Waals surface area contributed by atoms with Crippen LogP contribution in [0.3, 0.4) is 0 Å². The summed E-state index contributed by atoms with van der Waals surface area (Å²) >= 11 is 0. The molecule has 1 unspecified atom stereocenters. The van der Waals surface area contributed by atoms with Gasteiger partial charge in [0.1, 0.15) is 0 Å². The number of allylic oxidation sites excluding steroid dienone is 2. The molecule has 1 nitrogen and oxygen atoms in total. The minimum atomic E-state index is 0.373. The Labute approximate surface area is 133 Å². The van der Waals surface area contributed by atoms with E-state index in [0.29, 0.717) is 12.0 Å². The van der Waals surface area contributed by atoms with Crippen molar-refractivity contribution in [2.45, 2.75) is 19.5 Å². The molecular weight excluding hydrogens is 266 g/mol. The van der Waals surface area contributed by atoms with Crippen LogP contribution in [0.4, 0.5) is 0 Å². The van der Waals surface area contributed by atoms with Gasteiger partial charge in [0.25, 0.3) is 0 Å². The summed E-state index contributed by atoms with van der Waals surface area (Å²) in [6.45, 7) is 3.09. The van der Waals surface area contributed by atoms with E-state index in [4.69, 9.17) is 0 Å². The minimum Gasteiger partial charge on any atom is -0.294 e. The smallest absolute Gasteiger partial charge is 0.0446 e. The molecule has 0 N–H and O–H groups in total. The van der Waals surface area contributed by atoms with Crippen molar-refractivity contribution in [1.82, 2.24) is 4.90 Å². The van der Waals surface area contributed by atoms with Crippen molar-refractivity contribution >= 4 is 0 Å². The molecule has 0 saturated carbocycles. The maximum atomic E-state index is 2.45. The highest BCUT2D eigenvalue weighted by Gasteiger charge is 2.24. The fraction of sp³-hybridized carbons (Fsp3) is 0.238. The van der Waals surface area contributed by atoms with E-state index >= 15 is 0 Å². The first-order valence-electron chi connectivity index (χ1n) is 7.90. The fourth-order valence-electron chi connectivity index (χ4n) is 3.16. The van der Waals surface area contributed by atoms with Crippen molar-refractivity contribution < 1.29 is 0 Å². The lowest BCUT2D eigenvalue weighted by Crippen LogP contribution is -2.28. The number of hydrogen-bond donors (Lipinski definition) is 0. The molecule has 2 aromatic rings. The van der Waals surface area contributed by atoms with E-state index in [1.54, 1.807) is 0 Å². The summed E-state index contributed by atoms with van der Waals surface area (Å²) in [5, 5.41) is 0. The normalized spacial score (nSPS) is 15.6. The number of nitrogens with zero attached hydrogens (tertiary/aromatic N) is 1. The Morgan fingerprint density at radius 2 is 1.55 bits per heavy atom. The molecule has 0 radical (unpaired) electrons. The Kier molecular flexibility index (Phi) is 4.55. The van der Waals surface area contributed by atoms with Gasteiger partial charge in [0.15, 0.2) is 0 Å². The predicted molar refractivity (Wildman–Crippen MR) is 93.6 cm³/mol. The number of rotatable bonds is 5. The number of hydrogen-bond acceptors (Lipinski definition) is 1. The van der Waals surface area contributed by atoms with Crippen LogP contribution in [-0.4, -0.2) is 11.9 Å². The molecule has 0 heterocycles. The number of benzene rings is 2. The van der Waals surface area contributed by atoms with Crippen molar-refractivity contribution in [2.75, 3.05) is 7.05 Å². The Hall–Kier alpha value is -2.12. The summed E-state index contributed by atoms with van der Waals surface area (Å²) in [7, 11) is 2.22. The van der Waals surface area contributed by atoms with E-state index in [1.807, 2.05) is 0 Å². The monoisotopic (exact) mass is 289 g/mol. The van der Waals surface area contributed by atoms with Crippen LogP contribution in [0.25, 0.3) is 0 Å². The van der Waals surface area contributed by atoms with Gasteiger partial charge in [-0.3, -0.25) is 4.90 Å². The van der Waals surface area contributed by atoms with Gasteiger partial charge in [-0.15, -0.1) is 0 Å². The Balaban J connectivity index is 1.83. The summed E-state index contributed by atoms with van der Waals surface area (Å²) in [6, 6.07) is 20.0. The molecule has 3 rings (SSSR count). The highest BCUT2D eigenvalue weighted by Crippen LogP contribution is 2.32. The lowest BCUT2D eigenvalue weighted by Gasteiger charge is -2.32. The maximum Gasteiger partial charge on any atom is 0.0446 e. The summed E-state index contributed by atoms with van der Waals surface area (Å²) < 4.78 is 0. The van der Waals surface area contributed by atoms with Gasteiger partial charge in [0, 0.05) is 18.5 Å². The zero-order valence-electron chi connectivity index (χ0n) is 13.3. The van der Waals surface area contributed by atoms with Crippen LogP contribution >= 0.6 is 0 Å². The largest absolute Gasteiger partial charge is 0.294 e. The Morgan fingerprint density at radius 1 is 0.909 bits per heavy atom. The fourth-order valence-corrected chi connectivity index (χ4v) is 3.16. The molecule has 22 heavy (non-hydrogen) atoms. The molecule has 0 fully saturated rings. The molecule has 0 aliphatic heterocycles. The molecule has 0 spiro atoms. The molecule has 1 heteroatoms. The van der Waals surface area contributed by atoms with Crippen molar-refractivity contribution in [2.24, 2.45) is 5.92 Å². The second-order valence-corrected chi connectivity index (χ2v) is 6.10. The lowest BCUT2D eigenvalue weighted by atomic mass is 9.92. The highest BCUT2D eigenvalue weighted by atomic mass is 15.1. The number of aryl methyl sites for hydroxylation is 1. The molecular formula is C21H23N. The van der Waals surface area contributed by atoms with Crippen LogP contribution in [0.2, 0.25) is 0 Å². The summed E-state index contributed by atoms with van der Waals surface area (Å²) in [5.41, 5.74) is 4.05. The molecule has 0 bridgehead atoms. The average Bonchev–Trinajstić information content (AvgIpc) is 3.05. The third kappa shape index (κ3) is 3.37. The van der Waals surface area contributed by atoms with Crippen LogP contribution in [-0.2, 0) is 6.54 Å². The van der Waals surface area contributed by atoms with Crippen LogP contribution in [0.1, 0.15) is 22.7 Å². The maximum absolute atomic E-state index is 2.45. The molecule has 0 amide bonds. The highest BCUT2D eigenvalue weighted by molar-refractivity contribution is 5.28. The molecule has 1 atom stereocenters. The van der Waals surface area contributed by atoms with Crippen LogP contribution in [0.5, 0.6) is 0 Å². The third-order valence-corrected chi connectivity index (χ3v) is 4.31. The van der Waals surface area contributed by atoms with E-state index < -0.39 is 0 Å². The van der Waals surface area contributed by atoms with Crippen molar-refractivity contribution in [3.05, 3.63) is 95.6 Å². The van der Waals surface area contributed by atoms with E-state index in [9.17, 15) is 0 Å².